The van der Waals surface area contributed by atoms with Gasteiger partial charge in [-0.15, -0.1) is 0 Å². The quantitative estimate of drug-likeness (QED) is 0.215. The van der Waals surface area contributed by atoms with Gasteiger partial charge in [0.1, 0.15) is 5.82 Å². The molecule has 2 bridgehead atoms. The molecule has 0 saturated carbocycles. The summed E-state index contributed by atoms with van der Waals surface area (Å²) in [5, 5.41) is 0. The van der Waals surface area contributed by atoms with E-state index in [2.05, 4.69) is 71.8 Å². The third-order valence-corrected chi connectivity index (χ3v) is 11.0. The second-order valence-electron chi connectivity index (χ2n) is 13.5. The topological polar surface area (TPSA) is 67.7 Å². The van der Waals surface area contributed by atoms with Gasteiger partial charge in [0.25, 0.3) is 5.91 Å². The Kier molecular flexibility index (Phi) is 7.98. The third kappa shape index (κ3) is 5.56. The summed E-state index contributed by atoms with van der Waals surface area (Å²) in [5.41, 5.74) is 6.05. The number of esters is 1. The van der Waals surface area contributed by atoms with Gasteiger partial charge in [0.05, 0.1) is 23.7 Å². The molecular weight excluding hydrogens is 560 g/mol. The van der Waals surface area contributed by atoms with Gasteiger partial charge in [0.15, 0.2) is 0 Å². The van der Waals surface area contributed by atoms with E-state index in [9.17, 15) is 9.59 Å². The first kappa shape index (κ1) is 29.7. The summed E-state index contributed by atoms with van der Waals surface area (Å²) in [6.45, 7) is 6.84. The lowest BCUT2D eigenvalue weighted by Gasteiger charge is -2.46. The van der Waals surface area contributed by atoms with Crippen LogP contribution in [0.3, 0.4) is 0 Å². The van der Waals surface area contributed by atoms with Gasteiger partial charge < -0.3 is 14.2 Å². The highest BCUT2D eigenvalue weighted by atomic mass is 16.5. The SMILES string of the molecule is COC(=O)c1cccc(C(=O)N2CCC(CCN3[C@@H]4CC[C@H]3C[C@@H](n3c(C)nc5ccccc53)C4)(c3cccc(C)c3)CC2)c1. The zero-order valence-electron chi connectivity index (χ0n) is 26.7. The van der Waals surface area contributed by atoms with Crippen LogP contribution in [0.25, 0.3) is 11.0 Å². The third-order valence-electron chi connectivity index (χ3n) is 11.0. The highest BCUT2D eigenvalue weighted by Crippen LogP contribution is 2.45. The van der Waals surface area contributed by atoms with Gasteiger partial charge in [-0.3, -0.25) is 9.69 Å². The lowest BCUT2D eigenvalue weighted by atomic mass is 9.70. The minimum atomic E-state index is -0.423. The van der Waals surface area contributed by atoms with Gasteiger partial charge >= 0.3 is 5.97 Å². The van der Waals surface area contributed by atoms with Crippen molar-refractivity contribution in [2.24, 2.45) is 0 Å². The van der Waals surface area contributed by atoms with Crippen LogP contribution in [-0.2, 0) is 10.2 Å². The number of benzene rings is 3. The molecule has 7 nitrogen and oxygen atoms in total. The summed E-state index contributed by atoms with van der Waals surface area (Å²) >= 11 is 0. The molecule has 3 saturated heterocycles. The van der Waals surface area contributed by atoms with Gasteiger partial charge in [-0.2, -0.15) is 0 Å². The number of rotatable bonds is 7. The maximum Gasteiger partial charge on any atom is 0.337 e. The number of hydrogen-bond donors (Lipinski definition) is 0. The zero-order valence-corrected chi connectivity index (χ0v) is 26.7. The number of aromatic nitrogens is 2. The molecule has 3 aliphatic rings. The van der Waals surface area contributed by atoms with E-state index in [0.29, 0.717) is 42.3 Å². The van der Waals surface area contributed by atoms with Gasteiger partial charge in [-0.1, -0.05) is 48.0 Å². The van der Waals surface area contributed by atoms with E-state index >= 15 is 0 Å². The zero-order chi connectivity index (χ0) is 31.1. The molecule has 7 rings (SSSR count). The molecule has 0 aliphatic carbocycles. The second kappa shape index (κ2) is 12.1. The molecular formula is C38H44N4O3. The predicted octanol–water partition coefficient (Wildman–Crippen LogP) is 6.87. The smallest absolute Gasteiger partial charge is 0.337 e. The van der Waals surface area contributed by atoms with Crippen molar-refractivity contribution in [3.05, 3.63) is 101 Å². The van der Waals surface area contributed by atoms with Crippen molar-refractivity contribution in [3.8, 4) is 0 Å². The minimum Gasteiger partial charge on any atom is -0.465 e. The van der Waals surface area contributed by atoms with Crippen LogP contribution in [0.15, 0.2) is 72.8 Å². The predicted molar refractivity (Wildman–Crippen MR) is 177 cm³/mol. The lowest BCUT2D eigenvalue weighted by Crippen LogP contribution is -2.49. The maximum atomic E-state index is 13.6. The summed E-state index contributed by atoms with van der Waals surface area (Å²) < 4.78 is 7.39. The van der Waals surface area contributed by atoms with Crippen molar-refractivity contribution in [2.45, 2.75) is 82.3 Å². The number of fused-ring (bicyclic) bond motifs is 3. The van der Waals surface area contributed by atoms with Crippen molar-refractivity contribution in [1.82, 2.24) is 19.4 Å². The Morgan fingerprint density at radius 1 is 0.867 bits per heavy atom. The van der Waals surface area contributed by atoms with E-state index < -0.39 is 5.97 Å². The number of nitrogens with zero attached hydrogens (tertiary/aromatic N) is 4. The van der Waals surface area contributed by atoms with Crippen molar-refractivity contribution < 1.29 is 14.3 Å². The molecule has 7 heteroatoms. The Morgan fingerprint density at radius 2 is 1.58 bits per heavy atom. The Hall–Kier alpha value is -3.97. The summed E-state index contributed by atoms with van der Waals surface area (Å²) in [6, 6.07) is 26.2. The fourth-order valence-corrected chi connectivity index (χ4v) is 8.67. The summed E-state index contributed by atoms with van der Waals surface area (Å²) in [4.78, 5) is 35.3. The second-order valence-corrected chi connectivity index (χ2v) is 13.5. The fraction of sp³-hybridized carbons (Fsp3) is 0.447. The standard InChI is InChI=1S/C38H44N4O3/c1-26-8-6-11-30(22-26)38(16-19-40(20-17-38)36(43)28-9-7-10-29(23-28)37(44)45-3)18-21-41-31-14-15-32(41)25-33(24-31)42-27(2)39-34-12-4-5-13-35(34)42/h4-13,22-23,31-33H,14-21,24-25H2,1-3H3/t31-,32+,33+. The van der Waals surface area contributed by atoms with E-state index in [1.165, 1.54) is 49.4 Å². The first-order valence-corrected chi connectivity index (χ1v) is 16.6. The van der Waals surface area contributed by atoms with E-state index in [1.807, 2.05) is 4.90 Å². The van der Waals surface area contributed by atoms with Crippen LogP contribution < -0.4 is 0 Å². The molecule has 4 aromatic rings. The summed E-state index contributed by atoms with van der Waals surface area (Å²) in [6.07, 6.45) is 7.88. The van der Waals surface area contributed by atoms with Crippen molar-refractivity contribution in [1.29, 1.82) is 0 Å². The number of methoxy groups -OCH3 is 1. The number of ether oxygens (including phenoxy) is 1. The highest BCUT2D eigenvalue weighted by Gasteiger charge is 2.44. The monoisotopic (exact) mass is 604 g/mol. The number of imidazole rings is 1. The number of para-hydroxylation sites is 2. The molecule has 0 spiro atoms. The molecule has 1 aromatic heterocycles. The number of piperidine rings is 2. The van der Waals surface area contributed by atoms with Crippen LogP contribution >= 0.6 is 0 Å². The van der Waals surface area contributed by atoms with Crippen LogP contribution in [0.4, 0.5) is 0 Å². The van der Waals surface area contributed by atoms with Crippen LogP contribution in [-0.4, -0.2) is 70.1 Å². The first-order chi connectivity index (χ1) is 21.8. The minimum absolute atomic E-state index is 0.0129. The van der Waals surface area contributed by atoms with E-state index in [1.54, 1.807) is 24.3 Å². The summed E-state index contributed by atoms with van der Waals surface area (Å²) in [5.74, 6) is 0.695. The number of hydrogen-bond acceptors (Lipinski definition) is 5. The Labute approximate surface area is 266 Å². The fourth-order valence-electron chi connectivity index (χ4n) is 8.67. The Balaban J connectivity index is 1.07. The number of carbonyl (C=O) groups excluding carboxylic acids is 2. The summed E-state index contributed by atoms with van der Waals surface area (Å²) in [7, 11) is 1.36. The van der Waals surface area contributed by atoms with Crippen molar-refractivity contribution in [2.75, 3.05) is 26.7 Å². The molecule has 3 aliphatic heterocycles. The Morgan fingerprint density at radius 3 is 2.31 bits per heavy atom. The maximum absolute atomic E-state index is 13.6. The molecule has 0 unspecified atom stereocenters. The molecule has 0 radical (unpaired) electrons. The first-order valence-electron chi connectivity index (χ1n) is 16.6. The van der Waals surface area contributed by atoms with Crippen LogP contribution in [0.5, 0.6) is 0 Å². The largest absolute Gasteiger partial charge is 0.465 e. The number of aryl methyl sites for hydroxylation is 2. The lowest BCUT2D eigenvalue weighted by molar-refractivity contribution is 0.0600. The number of carbonyl (C=O) groups is 2. The molecule has 3 fully saturated rings. The highest BCUT2D eigenvalue weighted by molar-refractivity contribution is 5.98. The van der Waals surface area contributed by atoms with E-state index in [-0.39, 0.29) is 11.3 Å². The van der Waals surface area contributed by atoms with Crippen molar-refractivity contribution in [3.63, 3.8) is 0 Å². The number of amides is 1. The van der Waals surface area contributed by atoms with Gasteiger partial charge in [0.2, 0.25) is 0 Å². The van der Waals surface area contributed by atoms with Crippen LogP contribution in [0.2, 0.25) is 0 Å². The average molecular weight is 605 g/mol. The van der Waals surface area contributed by atoms with Gasteiger partial charge in [-0.05, 0) is 107 Å². The molecule has 45 heavy (non-hydrogen) atoms. The van der Waals surface area contributed by atoms with Gasteiger partial charge in [-0.25, -0.2) is 9.78 Å². The van der Waals surface area contributed by atoms with Crippen LogP contribution in [0, 0.1) is 13.8 Å². The normalized spacial score (nSPS) is 22.9. The molecule has 3 atom stereocenters. The molecule has 4 heterocycles. The van der Waals surface area contributed by atoms with E-state index in [4.69, 9.17) is 9.72 Å². The van der Waals surface area contributed by atoms with Crippen LogP contribution in [0.1, 0.15) is 88.7 Å². The van der Waals surface area contributed by atoms with E-state index in [0.717, 1.165) is 37.1 Å². The molecule has 3 aromatic carbocycles. The van der Waals surface area contributed by atoms with Gasteiger partial charge in [0, 0.05) is 36.8 Å². The molecule has 234 valence electrons. The Bertz CT molecular complexity index is 1700. The number of likely N-dealkylation sites (tertiary alicyclic amines) is 1. The van der Waals surface area contributed by atoms with Crippen molar-refractivity contribution >= 4 is 22.9 Å². The average Bonchev–Trinajstić information content (AvgIpc) is 3.53. The molecule has 1 amide bonds. The molecule has 0 N–H and O–H groups in total.